The largest absolute Gasteiger partial charge is 0.330 e. The molecule has 1 saturated heterocycles. The van der Waals surface area contributed by atoms with Crippen molar-refractivity contribution in [1.82, 2.24) is 14.9 Å². The van der Waals surface area contributed by atoms with Crippen LogP contribution in [-0.2, 0) is 10.2 Å². The lowest BCUT2D eigenvalue weighted by molar-refractivity contribution is -0.121. The van der Waals surface area contributed by atoms with Crippen molar-refractivity contribution >= 4 is 17.5 Å². The van der Waals surface area contributed by atoms with Crippen LogP contribution in [-0.4, -0.2) is 33.2 Å². The van der Waals surface area contributed by atoms with Gasteiger partial charge in [-0.2, -0.15) is 0 Å². The van der Waals surface area contributed by atoms with Gasteiger partial charge >= 0.3 is 0 Å². The van der Waals surface area contributed by atoms with Gasteiger partial charge in [-0.25, -0.2) is 0 Å². The van der Waals surface area contributed by atoms with Gasteiger partial charge in [-0.1, -0.05) is 24.3 Å². The normalized spacial score (nSPS) is 22.6. The summed E-state index contributed by atoms with van der Waals surface area (Å²) in [4.78, 5) is 46.5. The molecule has 5 rings (SSSR count). The summed E-state index contributed by atoms with van der Waals surface area (Å²) >= 11 is 0. The Kier molecular flexibility index (Phi) is 3.84. The first kappa shape index (κ1) is 17.4. The van der Waals surface area contributed by atoms with Gasteiger partial charge in [0.1, 0.15) is 5.41 Å². The van der Waals surface area contributed by atoms with Gasteiger partial charge in [0.25, 0.3) is 5.91 Å². The number of nitrogens with zero attached hydrogens (tertiary/aromatic N) is 2. The predicted octanol–water partition coefficient (Wildman–Crippen LogP) is 2.25. The number of amides is 2. The Hall–Kier alpha value is -3.74. The minimum Gasteiger partial charge on any atom is -0.330 e. The lowest BCUT2D eigenvalue weighted by atomic mass is 9.73. The second kappa shape index (κ2) is 6.41. The number of aromatic nitrogens is 2. The van der Waals surface area contributed by atoms with Crippen LogP contribution in [0.4, 0.5) is 5.69 Å². The maximum absolute atomic E-state index is 13.4. The number of pyridine rings is 2. The second-order valence-corrected chi connectivity index (χ2v) is 7.35. The van der Waals surface area contributed by atoms with Crippen LogP contribution < -0.4 is 10.9 Å². The van der Waals surface area contributed by atoms with Crippen molar-refractivity contribution in [3.8, 4) is 0 Å². The van der Waals surface area contributed by atoms with Gasteiger partial charge in [0.05, 0.1) is 11.6 Å². The third-order valence-electron chi connectivity index (χ3n) is 5.88. The van der Waals surface area contributed by atoms with Crippen molar-refractivity contribution in [2.24, 2.45) is 0 Å². The summed E-state index contributed by atoms with van der Waals surface area (Å²) in [7, 11) is 0. The summed E-state index contributed by atoms with van der Waals surface area (Å²) in [6.45, 7) is 0.416. The molecule has 144 valence electrons. The first-order valence-electron chi connectivity index (χ1n) is 9.42. The lowest BCUT2D eigenvalue weighted by Gasteiger charge is -2.34. The third kappa shape index (κ3) is 2.51. The quantitative estimate of drug-likeness (QED) is 0.706. The van der Waals surface area contributed by atoms with Crippen LogP contribution in [0, 0.1) is 0 Å². The number of benzene rings is 1. The molecule has 7 heteroatoms. The van der Waals surface area contributed by atoms with Gasteiger partial charge in [0.15, 0.2) is 0 Å². The van der Waals surface area contributed by atoms with Gasteiger partial charge in [0.2, 0.25) is 11.5 Å². The van der Waals surface area contributed by atoms with E-state index in [1.165, 1.54) is 18.3 Å². The molecule has 1 fully saturated rings. The van der Waals surface area contributed by atoms with E-state index in [-0.39, 0.29) is 17.4 Å². The zero-order valence-electron chi connectivity index (χ0n) is 15.5. The molecular weight excluding hydrogens is 368 g/mol. The van der Waals surface area contributed by atoms with Crippen LogP contribution in [0.15, 0.2) is 71.9 Å². The van der Waals surface area contributed by atoms with E-state index in [1.54, 1.807) is 17.3 Å². The van der Waals surface area contributed by atoms with E-state index in [9.17, 15) is 14.4 Å². The topological polar surface area (TPSA) is 95.2 Å². The molecule has 29 heavy (non-hydrogen) atoms. The number of carbonyl (C=O) groups is 2. The van der Waals surface area contributed by atoms with Crippen molar-refractivity contribution in [1.29, 1.82) is 0 Å². The van der Waals surface area contributed by atoms with E-state index in [4.69, 9.17) is 0 Å². The summed E-state index contributed by atoms with van der Waals surface area (Å²) < 4.78 is 0. The van der Waals surface area contributed by atoms with Crippen LogP contribution in [0.5, 0.6) is 0 Å². The zero-order valence-corrected chi connectivity index (χ0v) is 15.5. The molecule has 2 amide bonds. The van der Waals surface area contributed by atoms with Crippen molar-refractivity contribution in [2.45, 2.75) is 17.9 Å². The number of hydrogen-bond acceptors (Lipinski definition) is 4. The standard InChI is InChI=1S/C22H18N4O3/c27-18-8-7-15(13-24-18)20(28)26-11-9-22(19(26)14-4-3-10-23-12-14)16-5-1-2-6-17(16)25-21(22)29/h1-8,10,12-13,19H,9,11H2,(H,24,27)(H,25,29). The van der Waals surface area contributed by atoms with Crippen molar-refractivity contribution in [3.05, 3.63) is 94.2 Å². The summed E-state index contributed by atoms with van der Waals surface area (Å²) in [6.07, 6.45) is 5.30. The first-order chi connectivity index (χ1) is 14.1. The minimum absolute atomic E-state index is 0.107. The molecule has 7 nitrogen and oxygen atoms in total. The average molecular weight is 386 g/mol. The number of rotatable bonds is 2. The highest BCUT2D eigenvalue weighted by Crippen LogP contribution is 2.54. The Bertz CT molecular complexity index is 1150. The molecule has 1 spiro atoms. The fourth-order valence-corrected chi connectivity index (χ4v) is 4.62. The maximum atomic E-state index is 13.4. The molecule has 0 radical (unpaired) electrons. The molecule has 2 N–H and O–H groups in total. The van der Waals surface area contributed by atoms with Gasteiger partial charge in [-0.15, -0.1) is 0 Å². The molecule has 3 aromatic rings. The second-order valence-electron chi connectivity index (χ2n) is 7.35. The van der Waals surface area contributed by atoms with E-state index >= 15 is 0 Å². The van der Waals surface area contributed by atoms with Crippen LogP contribution in [0.2, 0.25) is 0 Å². The molecule has 2 aliphatic rings. The molecular formula is C22H18N4O3. The highest BCUT2D eigenvalue weighted by molar-refractivity contribution is 6.08. The fraction of sp³-hybridized carbons (Fsp3) is 0.182. The number of fused-ring (bicyclic) bond motifs is 2. The number of aromatic amines is 1. The monoisotopic (exact) mass is 386 g/mol. The number of anilines is 1. The van der Waals surface area contributed by atoms with E-state index in [2.05, 4.69) is 15.3 Å². The van der Waals surface area contributed by atoms with Crippen LogP contribution in [0.25, 0.3) is 0 Å². The molecule has 0 saturated carbocycles. The number of para-hydroxylation sites is 1. The summed E-state index contributed by atoms with van der Waals surface area (Å²) in [6, 6.07) is 13.7. The van der Waals surface area contributed by atoms with Gasteiger partial charge in [-0.3, -0.25) is 19.4 Å². The zero-order chi connectivity index (χ0) is 20.0. The molecule has 2 aromatic heterocycles. The summed E-state index contributed by atoms with van der Waals surface area (Å²) in [5.74, 6) is -0.339. The minimum atomic E-state index is -0.878. The molecule has 1 aromatic carbocycles. The summed E-state index contributed by atoms with van der Waals surface area (Å²) in [5.41, 5.74) is 1.71. The van der Waals surface area contributed by atoms with Crippen LogP contribution in [0.3, 0.4) is 0 Å². The SMILES string of the molecule is O=C(c1ccc(=O)[nH]c1)N1CCC2(C(=O)Nc3ccccc32)C1c1cccnc1. The Morgan fingerprint density at radius 2 is 1.97 bits per heavy atom. The smallest absolute Gasteiger partial charge is 0.255 e. The highest BCUT2D eigenvalue weighted by Gasteiger charge is 2.59. The Morgan fingerprint density at radius 3 is 2.72 bits per heavy atom. The van der Waals surface area contributed by atoms with Crippen molar-refractivity contribution in [2.75, 3.05) is 11.9 Å². The Labute approximate surface area is 166 Å². The molecule has 0 bridgehead atoms. The van der Waals surface area contributed by atoms with E-state index in [1.807, 2.05) is 36.4 Å². The molecule has 2 atom stereocenters. The predicted molar refractivity (Wildman–Crippen MR) is 106 cm³/mol. The number of H-pyrrole nitrogens is 1. The summed E-state index contributed by atoms with van der Waals surface area (Å²) in [5, 5.41) is 2.99. The van der Waals surface area contributed by atoms with Crippen molar-refractivity contribution < 1.29 is 9.59 Å². The molecule has 2 unspecified atom stereocenters. The molecule has 2 aliphatic heterocycles. The van der Waals surface area contributed by atoms with Crippen LogP contribution >= 0.6 is 0 Å². The van der Waals surface area contributed by atoms with E-state index in [0.717, 1.165) is 16.8 Å². The maximum Gasteiger partial charge on any atom is 0.255 e. The van der Waals surface area contributed by atoms with Gasteiger partial charge < -0.3 is 15.2 Å². The number of nitrogens with one attached hydrogen (secondary N) is 2. The number of hydrogen-bond donors (Lipinski definition) is 2. The Balaban J connectivity index is 1.66. The van der Waals surface area contributed by atoms with Crippen molar-refractivity contribution in [3.63, 3.8) is 0 Å². The highest BCUT2D eigenvalue weighted by atomic mass is 16.2. The van der Waals surface area contributed by atoms with E-state index < -0.39 is 11.5 Å². The lowest BCUT2D eigenvalue weighted by Crippen LogP contribution is -2.42. The third-order valence-corrected chi connectivity index (χ3v) is 5.88. The van der Waals surface area contributed by atoms with Gasteiger partial charge in [-0.05, 0) is 35.7 Å². The Morgan fingerprint density at radius 1 is 1.10 bits per heavy atom. The number of likely N-dealkylation sites (tertiary alicyclic amines) is 1. The van der Waals surface area contributed by atoms with Gasteiger partial charge in [0, 0.05) is 36.9 Å². The molecule has 0 aliphatic carbocycles. The van der Waals surface area contributed by atoms with E-state index in [0.29, 0.717) is 18.5 Å². The average Bonchev–Trinajstić information content (AvgIpc) is 3.28. The fourth-order valence-electron chi connectivity index (χ4n) is 4.62. The molecule has 4 heterocycles. The first-order valence-corrected chi connectivity index (χ1v) is 9.42. The van der Waals surface area contributed by atoms with Crippen LogP contribution in [0.1, 0.15) is 33.9 Å². The number of carbonyl (C=O) groups excluding carboxylic acids is 2.